The van der Waals surface area contributed by atoms with Crippen LogP contribution in [0.2, 0.25) is 0 Å². The summed E-state index contributed by atoms with van der Waals surface area (Å²) in [6.07, 6.45) is 0.0325. The van der Waals surface area contributed by atoms with Crippen LogP contribution in [0.3, 0.4) is 0 Å². The highest BCUT2D eigenvalue weighted by Gasteiger charge is 2.14. The van der Waals surface area contributed by atoms with Gasteiger partial charge in [-0.25, -0.2) is 4.98 Å². The number of carboxylic acids is 1. The third kappa shape index (κ3) is 3.37. The number of thioether (sulfide) groups is 1. The zero-order valence-corrected chi connectivity index (χ0v) is 14.9. The highest BCUT2D eigenvalue weighted by atomic mass is 32.2. The molecule has 124 valence electrons. The molecule has 0 aliphatic rings. The molecule has 1 aromatic carbocycles. The zero-order valence-electron chi connectivity index (χ0n) is 13.3. The van der Waals surface area contributed by atoms with Gasteiger partial charge in [-0.05, 0) is 30.5 Å². The van der Waals surface area contributed by atoms with E-state index in [4.69, 9.17) is 5.11 Å². The van der Waals surface area contributed by atoms with Gasteiger partial charge in [0.05, 0.1) is 11.8 Å². The summed E-state index contributed by atoms with van der Waals surface area (Å²) < 4.78 is 0. The molecule has 0 saturated heterocycles. The van der Waals surface area contributed by atoms with E-state index < -0.39 is 5.97 Å². The molecule has 3 aromatic rings. The third-order valence-corrected chi connectivity index (χ3v) is 5.54. The number of rotatable bonds is 5. The topological polar surface area (TPSA) is 83.0 Å². The average Bonchev–Trinajstić information content (AvgIpc) is 2.94. The number of aliphatic carboxylic acids is 1. The number of thiophene rings is 1. The van der Waals surface area contributed by atoms with Crippen molar-refractivity contribution in [2.75, 3.05) is 5.75 Å². The van der Waals surface area contributed by atoms with Crippen LogP contribution in [0.4, 0.5) is 0 Å². The van der Waals surface area contributed by atoms with Gasteiger partial charge in [0.1, 0.15) is 4.83 Å². The molecule has 7 heteroatoms. The standard InChI is InChI=1S/C17H16N2O3S2/c1-9-3-4-11(7-10(9)2)12-8-24-16-14(12)15(22)18-17(19-16)23-6-5-13(20)21/h3-4,7-8H,5-6H2,1-2H3,(H,20,21)(H,18,19,22). The number of nitrogens with one attached hydrogen (secondary N) is 1. The van der Waals surface area contributed by atoms with Crippen molar-refractivity contribution in [1.82, 2.24) is 9.97 Å². The van der Waals surface area contributed by atoms with E-state index in [0.29, 0.717) is 21.1 Å². The van der Waals surface area contributed by atoms with Gasteiger partial charge < -0.3 is 10.1 Å². The fourth-order valence-electron chi connectivity index (χ4n) is 2.35. The van der Waals surface area contributed by atoms with Crippen molar-refractivity contribution in [3.05, 3.63) is 45.1 Å². The summed E-state index contributed by atoms with van der Waals surface area (Å²) in [7, 11) is 0. The minimum absolute atomic E-state index is 0.0325. The van der Waals surface area contributed by atoms with Crippen molar-refractivity contribution in [2.24, 2.45) is 0 Å². The number of aryl methyl sites for hydroxylation is 2. The van der Waals surface area contributed by atoms with E-state index in [0.717, 1.165) is 11.1 Å². The summed E-state index contributed by atoms with van der Waals surface area (Å²) in [5.41, 5.74) is 4.09. The second kappa shape index (κ2) is 6.78. The maximum atomic E-state index is 12.5. The van der Waals surface area contributed by atoms with E-state index in [9.17, 15) is 9.59 Å². The number of fused-ring (bicyclic) bond motifs is 1. The Balaban J connectivity index is 1.99. The van der Waals surface area contributed by atoms with E-state index in [1.165, 1.54) is 34.2 Å². The quantitative estimate of drug-likeness (QED) is 0.534. The van der Waals surface area contributed by atoms with E-state index in [-0.39, 0.29) is 12.0 Å². The number of benzene rings is 1. The van der Waals surface area contributed by atoms with Gasteiger partial charge in [0.15, 0.2) is 5.16 Å². The van der Waals surface area contributed by atoms with Crippen LogP contribution in [0.25, 0.3) is 21.3 Å². The van der Waals surface area contributed by atoms with Gasteiger partial charge >= 0.3 is 5.97 Å². The Morgan fingerprint density at radius 3 is 2.83 bits per heavy atom. The van der Waals surface area contributed by atoms with Crippen LogP contribution >= 0.6 is 23.1 Å². The molecule has 0 bridgehead atoms. The molecule has 0 aliphatic carbocycles. The van der Waals surface area contributed by atoms with Gasteiger partial charge in [0, 0.05) is 16.7 Å². The van der Waals surface area contributed by atoms with E-state index >= 15 is 0 Å². The fourth-order valence-corrected chi connectivity index (χ4v) is 4.15. The molecule has 0 fully saturated rings. The lowest BCUT2D eigenvalue weighted by Crippen LogP contribution is -2.09. The predicted octanol–water partition coefficient (Wildman–Crippen LogP) is 3.84. The molecular formula is C17H16N2O3S2. The van der Waals surface area contributed by atoms with Gasteiger partial charge in [0.2, 0.25) is 0 Å². The second-order valence-corrected chi connectivity index (χ2v) is 7.43. The van der Waals surface area contributed by atoms with E-state index in [1.54, 1.807) is 0 Å². The van der Waals surface area contributed by atoms with Crippen molar-refractivity contribution in [3.63, 3.8) is 0 Å². The average molecular weight is 360 g/mol. The van der Waals surface area contributed by atoms with Crippen LogP contribution in [0.5, 0.6) is 0 Å². The van der Waals surface area contributed by atoms with Crippen LogP contribution < -0.4 is 5.56 Å². The van der Waals surface area contributed by atoms with Crippen molar-refractivity contribution in [1.29, 1.82) is 0 Å². The molecule has 5 nitrogen and oxygen atoms in total. The van der Waals surface area contributed by atoms with Crippen LogP contribution in [0.1, 0.15) is 17.5 Å². The summed E-state index contributed by atoms with van der Waals surface area (Å²) in [6.45, 7) is 4.10. The number of aromatic amines is 1. The van der Waals surface area contributed by atoms with Gasteiger partial charge in [-0.3, -0.25) is 9.59 Å². The van der Waals surface area contributed by atoms with Crippen molar-refractivity contribution >= 4 is 39.3 Å². The van der Waals surface area contributed by atoms with Gasteiger partial charge in [0.25, 0.3) is 5.56 Å². The van der Waals surface area contributed by atoms with Crippen LogP contribution in [-0.4, -0.2) is 26.8 Å². The number of H-pyrrole nitrogens is 1. The number of nitrogens with zero attached hydrogens (tertiary/aromatic N) is 1. The Morgan fingerprint density at radius 2 is 2.12 bits per heavy atom. The smallest absolute Gasteiger partial charge is 0.304 e. The zero-order chi connectivity index (χ0) is 17.3. The largest absolute Gasteiger partial charge is 0.481 e. The molecule has 24 heavy (non-hydrogen) atoms. The molecule has 0 spiro atoms. The second-order valence-electron chi connectivity index (χ2n) is 5.49. The Morgan fingerprint density at radius 1 is 1.33 bits per heavy atom. The normalized spacial score (nSPS) is 11.1. The van der Waals surface area contributed by atoms with Crippen molar-refractivity contribution in [2.45, 2.75) is 25.4 Å². The highest BCUT2D eigenvalue weighted by Crippen LogP contribution is 2.32. The first-order valence-corrected chi connectivity index (χ1v) is 9.26. The third-order valence-electron chi connectivity index (χ3n) is 3.79. The number of aromatic nitrogens is 2. The molecule has 3 rings (SSSR count). The fraction of sp³-hybridized carbons (Fsp3) is 0.235. The van der Waals surface area contributed by atoms with Crippen molar-refractivity contribution < 1.29 is 9.90 Å². The maximum absolute atomic E-state index is 12.5. The molecule has 0 saturated carbocycles. The van der Waals surface area contributed by atoms with E-state index in [1.807, 2.05) is 24.4 Å². The number of hydrogen-bond acceptors (Lipinski definition) is 5. The highest BCUT2D eigenvalue weighted by molar-refractivity contribution is 7.99. The Hall–Kier alpha value is -2.12. The van der Waals surface area contributed by atoms with Crippen molar-refractivity contribution in [3.8, 4) is 11.1 Å². The van der Waals surface area contributed by atoms with Crippen LogP contribution in [0.15, 0.2) is 33.5 Å². The van der Waals surface area contributed by atoms with Gasteiger partial charge in [-0.1, -0.05) is 30.0 Å². The lowest BCUT2D eigenvalue weighted by Gasteiger charge is -2.04. The minimum Gasteiger partial charge on any atom is -0.481 e. The number of hydrogen-bond donors (Lipinski definition) is 2. The molecule has 2 heterocycles. The van der Waals surface area contributed by atoms with Crippen LogP contribution in [0, 0.1) is 13.8 Å². The first-order valence-electron chi connectivity index (χ1n) is 7.39. The first-order chi connectivity index (χ1) is 11.5. The summed E-state index contributed by atoms with van der Waals surface area (Å²) >= 11 is 2.67. The molecular weight excluding hydrogens is 344 g/mol. The summed E-state index contributed by atoms with van der Waals surface area (Å²) in [5, 5.41) is 11.7. The van der Waals surface area contributed by atoms with Gasteiger partial charge in [-0.2, -0.15) is 0 Å². The molecule has 0 aliphatic heterocycles. The Kier molecular flexibility index (Phi) is 4.73. The number of carbonyl (C=O) groups is 1. The molecule has 2 N–H and O–H groups in total. The summed E-state index contributed by atoms with van der Waals surface area (Å²) in [4.78, 5) is 30.9. The maximum Gasteiger partial charge on any atom is 0.304 e. The van der Waals surface area contributed by atoms with Crippen LogP contribution in [-0.2, 0) is 4.79 Å². The predicted molar refractivity (Wildman–Crippen MR) is 98.1 cm³/mol. The first kappa shape index (κ1) is 16.7. The molecule has 0 amide bonds. The summed E-state index contributed by atoms with van der Waals surface area (Å²) in [5.74, 6) is -0.488. The van der Waals surface area contributed by atoms with E-state index in [2.05, 4.69) is 23.0 Å². The Labute approximate surface area is 146 Å². The SMILES string of the molecule is Cc1ccc(-c2csc3nc(SCCC(=O)O)[nH]c(=O)c23)cc1C. The minimum atomic E-state index is -0.862. The lowest BCUT2D eigenvalue weighted by atomic mass is 10.0. The number of carboxylic acid groups (broad SMARTS) is 1. The summed E-state index contributed by atoms with van der Waals surface area (Å²) in [6, 6.07) is 6.14. The molecule has 0 atom stereocenters. The molecule has 2 aromatic heterocycles. The molecule has 0 unspecified atom stereocenters. The van der Waals surface area contributed by atoms with Gasteiger partial charge in [-0.15, -0.1) is 11.3 Å². The Bertz CT molecular complexity index is 976. The monoisotopic (exact) mass is 360 g/mol. The lowest BCUT2D eigenvalue weighted by molar-refractivity contribution is -0.136. The molecule has 0 radical (unpaired) electrons.